The molecule has 1 amide bonds. The van der Waals surface area contributed by atoms with E-state index in [9.17, 15) is 28.2 Å². The summed E-state index contributed by atoms with van der Waals surface area (Å²) >= 11 is 0. The number of allylic oxidation sites excluding steroid dienone is 3. The normalized spacial score (nSPS) is 31.2. The molecule has 0 bridgehead atoms. The van der Waals surface area contributed by atoms with Gasteiger partial charge in [0.2, 0.25) is 0 Å². The van der Waals surface area contributed by atoms with E-state index in [-0.39, 0.29) is 36.3 Å². The fourth-order valence-corrected chi connectivity index (χ4v) is 9.27. The number of nitrogens with zero attached hydrogens (tertiary/aromatic N) is 1. The van der Waals surface area contributed by atoms with Crippen molar-refractivity contribution < 1.29 is 37.7 Å². The summed E-state index contributed by atoms with van der Waals surface area (Å²) in [7, 11) is 0. The first kappa shape index (κ1) is 32.7. The average molecular weight is 662 g/mol. The first-order chi connectivity index (χ1) is 22.8. The summed E-state index contributed by atoms with van der Waals surface area (Å²) in [6.07, 6.45) is 4.13. The molecule has 0 saturated heterocycles. The predicted molar refractivity (Wildman–Crippen MR) is 176 cm³/mol. The molecule has 3 saturated carbocycles. The summed E-state index contributed by atoms with van der Waals surface area (Å²) in [5.41, 5.74) is 1.54. The lowest BCUT2D eigenvalue weighted by atomic mass is 9.50. The van der Waals surface area contributed by atoms with E-state index in [0.29, 0.717) is 30.1 Å². The van der Waals surface area contributed by atoms with Crippen LogP contribution >= 0.6 is 0 Å². The number of aliphatic hydroxyl groups is 2. The van der Waals surface area contributed by atoms with Crippen LogP contribution < -0.4 is 9.47 Å². The van der Waals surface area contributed by atoms with Crippen molar-refractivity contribution in [3.8, 4) is 11.5 Å². The van der Waals surface area contributed by atoms with Crippen LogP contribution in [0.5, 0.6) is 11.5 Å². The zero-order chi connectivity index (χ0) is 33.9. The summed E-state index contributed by atoms with van der Waals surface area (Å²) in [5, 5.41) is 24.9. The van der Waals surface area contributed by atoms with Crippen LogP contribution in [0, 0.1) is 22.7 Å². The Balaban J connectivity index is 1.16. The molecule has 7 rings (SSSR count). The lowest BCUT2D eigenvalue weighted by Gasteiger charge is -2.56. The molecule has 4 aliphatic carbocycles. The SMILES string of the molecule is C[C@]12CC[C@H](O)CC1=CC=C1[C@@H]2CC[C@@]2(C)[C@H]1CC[C@@]2(O)CN(Cc1ccc(OC(F)(F)F)cc1)C(=O)Oc1ccc2ccccc2c1. The van der Waals surface area contributed by atoms with Gasteiger partial charge >= 0.3 is 12.5 Å². The molecule has 0 spiro atoms. The molecule has 9 heteroatoms. The zero-order valence-electron chi connectivity index (χ0n) is 27.3. The van der Waals surface area contributed by atoms with Crippen LogP contribution in [0.25, 0.3) is 10.8 Å². The van der Waals surface area contributed by atoms with Crippen molar-refractivity contribution in [2.75, 3.05) is 6.54 Å². The number of rotatable bonds is 6. The number of hydrogen-bond donors (Lipinski definition) is 2. The Hall–Kier alpha value is -3.82. The quantitative estimate of drug-likeness (QED) is 0.276. The molecule has 48 heavy (non-hydrogen) atoms. The third kappa shape index (κ3) is 5.89. The Labute approximate surface area is 278 Å². The maximum absolute atomic E-state index is 13.9. The summed E-state index contributed by atoms with van der Waals surface area (Å²) < 4.78 is 48.3. The topological polar surface area (TPSA) is 79.2 Å². The van der Waals surface area contributed by atoms with Crippen molar-refractivity contribution in [2.45, 2.75) is 83.4 Å². The lowest BCUT2D eigenvalue weighted by Crippen LogP contribution is -2.56. The van der Waals surface area contributed by atoms with Crippen LogP contribution in [0.1, 0.15) is 64.4 Å². The van der Waals surface area contributed by atoms with E-state index in [2.05, 4.69) is 30.7 Å². The fourth-order valence-electron chi connectivity index (χ4n) is 9.27. The van der Waals surface area contributed by atoms with Gasteiger partial charge in [-0.3, -0.25) is 0 Å². The molecule has 6 atom stereocenters. The largest absolute Gasteiger partial charge is 0.573 e. The molecule has 4 aliphatic rings. The molecular weight excluding hydrogens is 619 g/mol. The Morgan fingerprint density at radius 3 is 2.35 bits per heavy atom. The van der Waals surface area contributed by atoms with E-state index in [0.717, 1.165) is 42.9 Å². The summed E-state index contributed by atoms with van der Waals surface area (Å²) in [5.74, 6) is 0.510. The monoisotopic (exact) mass is 661 g/mol. The highest BCUT2D eigenvalue weighted by Gasteiger charge is 2.62. The highest BCUT2D eigenvalue weighted by molar-refractivity contribution is 5.84. The standard InChI is InChI=1S/C39H42F3NO5/c1-36-18-15-29(44)22-28(36)10-14-32-33(36)16-19-37(2)34(32)17-20-38(37,46)24-43(23-25-7-11-30(12-8-25)48-39(40,41)42)35(45)47-31-13-9-26-5-3-4-6-27(26)21-31/h3-14,21,29,33-34,44,46H,15-20,22-24H2,1-2H3/t29-,33-,34-,36-,37-,38+/m0/s1. The zero-order valence-corrected chi connectivity index (χ0v) is 27.3. The minimum absolute atomic E-state index is 0.00301. The number of fused-ring (bicyclic) bond motifs is 6. The van der Waals surface area contributed by atoms with Gasteiger partial charge in [-0.1, -0.05) is 79.6 Å². The van der Waals surface area contributed by atoms with Gasteiger partial charge in [-0.05, 0) is 103 Å². The Morgan fingerprint density at radius 2 is 1.60 bits per heavy atom. The van der Waals surface area contributed by atoms with Crippen LogP contribution in [0.2, 0.25) is 0 Å². The number of alkyl halides is 3. The smallest absolute Gasteiger partial charge is 0.410 e. The number of amides is 1. The molecule has 254 valence electrons. The van der Waals surface area contributed by atoms with Gasteiger partial charge in [0.05, 0.1) is 18.2 Å². The van der Waals surface area contributed by atoms with Gasteiger partial charge in [0.15, 0.2) is 0 Å². The first-order valence-electron chi connectivity index (χ1n) is 16.9. The highest BCUT2D eigenvalue weighted by atomic mass is 19.4. The maximum Gasteiger partial charge on any atom is 0.573 e. The summed E-state index contributed by atoms with van der Waals surface area (Å²) in [6.45, 7) is 4.51. The van der Waals surface area contributed by atoms with Crippen LogP contribution in [-0.4, -0.2) is 45.8 Å². The predicted octanol–water partition coefficient (Wildman–Crippen LogP) is 8.71. The van der Waals surface area contributed by atoms with Crippen LogP contribution in [-0.2, 0) is 6.54 Å². The number of hydrogen-bond acceptors (Lipinski definition) is 5. The van der Waals surface area contributed by atoms with Gasteiger partial charge in [-0.25, -0.2) is 4.79 Å². The first-order valence-corrected chi connectivity index (χ1v) is 16.9. The molecule has 0 radical (unpaired) electrons. The number of carbonyl (C=O) groups excluding carboxylic acids is 1. The van der Waals surface area contributed by atoms with Crippen molar-refractivity contribution in [1.29, 1.82) is 0 Å². The Morgan fingerprint density at radius 1 is 0.896 bits per heavy atom. The molecule has 6 nitrogen and oxygen atoms in total. The lowest BCUT2D eigenvalue weighted by molar-refractivity contribution is -0.274. The van der Waals surface area contributed by atoms with E-state index in [1.807, 2.05) is 30.3 Å². The summed E-state index contributed by atoms with van der Waals surface area (Å²) in [6, 6.07) is 18.6. The second-order valence-electron chi connectivity index (χ2n) is 14.7. The van der Waals surface area contributed by atoms with Gasteiger partial charge < -0.3 is 24.6 Å². The van der Waals surface area contributed by atoms with Crippen molar-refractivity contribution in [3.05, 3.63) is 95.6 Å². The van der Waals surface area contributed by atoms with E-state index in [1.54, 1.807) is 12.1 Å². The molecule has 0 heterocycles. The minimum atomic E-state index is -4.81. The second-order valence-corrected chi connectivity index (χ2v) is 14.7. The van der Waals surface area contributed by atoms with Crippen LogP contribution in [0.4, 0.5) is 18.0 Å². The third-order valence-corrected chi connectivity index (χ3v) is 12.0. The number of halogens is 3. The number of benzene rings is 3. The number of ether oxygens (including phenoxy) is 2. The molecule has 3 fully saturated rings. The summed E-state index contributed by atoms with van der Waals surface area (Å²) in [4.78, 5) is 15.4. The molecule has 3 aromatic carbocycles. The Bertz CT molecular complexity index is 1770. The Kier molecular flexibility index (Phi) is 8.14. The van der Waals surface area contributed by atoms with Crippen LogP contribution in [0.15, 0.2) is 90.0 Å². The fraction of sp³-hybridized carbons (Fsp3) is 0.462. The molecule has 0 unspecified atom stereocenters. The molecule has 0 aromatic heterocycles. The van der Waals surface area contributed by atoms with Gasteiger partial charge in [0.1, 0.15) is 11.5 Å². The van der Waals surface area contributed by atoms with E-state index in [4.69, 9.17) is 4.74 Å². The van der Waals surface area contributed by atoms with Crippen molar-refractivity contribution in [1.82, 2.24) is 4.90 Å². The van der Waals surface area contributed by atoms with Crippen molar-refractivity contribution >= 4 is 16.9 Å². The van der Waals surface area contributed by atoms with E-state index in [1.165, 1.54) is 40.3 Å². The van der Waals surface area contributed by atoms with E-state index >= 15 is 0 Å². The number of aliphatic hydroxyl groups excluding tert-OH is 1. The molecule has 3 aromatic rings. The highest BCUT2D eigenvalue weighted by Crippen LogP contribution is 2.66. The molecular formula is C39H42F3NO5. The number of carbonyl (C=O) groups is 1. The van der Waals surface area contributed by atoms with Crippen molar-refractivity contribution in [2.24, 2.45) is 22.7 Å². The molecule has 2 N–H and O–H groups in total. The van der Waals surface area contributed by atoms with E-state index < -0.39 is 23.5 Å². The molecule has 0 aliphatic heterocycles. The average Bonchev–Trinajstić information content (AvgIpc) is 3.31. The van der Waals surface area contributed by atoms with Crippen molar-refractivity contribution in [3.63, 3.8) is 0 Å². The minimum Gasteiger partial charge on any atom is -0.410 e. The van der Waals surface area contributed by atoms with Gasteiger partial charge in [0, 0.05) is 12.0 Å². The second kappa shape index (κ2) is 11.9. The maximum atomic E-state index is 13.9. The third-order valence-electron chi connectivity index (χ3n) is 12.0. The van der Waals surface area contributed by atoms with Gasteiger partial charge in [-0.15, -0.1) is 13.2 Å². The van der Waals surface area contributed by atoms with Crippen LogP contribution in [0.3, 0.4) is 0 Å². The van der Waals surface area contributed by atoms with Gasteiger partial charge in [0.25, 0.3) is 0 Å². The van der Waals surface area contributed by atoms with Gasteiger partial charge in [-0.2, -0.15) is 0 Å².